The van der Waals surface area contributed by atoms with Gasteiger partial charge in [-0.05, 0) is 12.1 Å². The van der Waals surface area contributed by atoms with Crippen molar-refractivity contribution in [3.8, 4) is 5.69 Å². The molecule has 0 fully saturated rings. The SMILES string of the molecule is NC(=O)CSc1nccn1-c1ccc(F)cc1F. The summed E-state index contributed by atoms with van der Waals surface area (Å²) in [7, 11) is 0. The van der Waals surface area contributed by atoms with E-state index in [9.17, 15) is 13.6 Å². The molecule has 1 aromatic carbocycles. The molecule has 7 heteroatoms. The first kappa shape index (κ1) is 12.6. The molecule has 0 radical (unpaired) electrons. The Morgan fingerprint density at radius 3 is 2.89 bits per heavy atom. The third-order valence-corrected chi connectivity index (χ3v) is 3.11. The number of primary amides is 1. The fourth-order valence-electron chi connectivity index (χ4n) is 1.39. The molecule has 94 valence electrons. The van der Waals surface area contributed by atoms with Gasteiger partial charge in [-0.1, -0.05) is 11.8 Å². The highest BCUT2D eigenvalue weighted by Crippen LogP contribution is 2.22. The molecule has 2 N–H and O–H groups in total. The van der Waals surface area contributed by atoms with Gasteiger partial charge in [0.15, 0.2) is 5.16 Å². The zero-order valence-corrected chi connectivity index (χ0v) is 9.95. The van der Waals surface area contributed by atoms with Crippen LogP contribution in [0, 0.1) is 11.6 Å². The Kier molecular flexibility index (Phi) is 3.61. The van der Waals surface area contributed by atoms with E-state index in [1.165, 1.54) is 23.0 Å². The molecule has 18 heavy (non-hydrogen) atoms. The average Bonchev–Trinajstić information content (AvgIpc) is 2.74. The lowest BCUT2D eigenvalue weighted by atomic mass is 10.3. The van der Waals surface area contributed by atoms with Crippen LogP contribution in [0.5, 0.6) is 0 Å². The summed E-state index contributed by atoms with van der Waals surface area (Å²) in [6.45, 7) is 0. The molecule has 0 unspecified atom stereocenters. The number of imidazole rings is 1. The molecule has 2 rings (SSSR count). The molecule has 1 heterocycles. The number of amides is 1. The summed E-state index contributed by atoms with van der Waals surface area (Å²) < 4.78 is 27.8. The van der Waals surface area contributed by atoms with Crippen molar-refractivity contribution >= 4 is 17.7 Å². The van der Waals surface area contributed by atoms with Crippen molar-refractivity contribution in [3.63, 3.8) is 0 Å². The van der Waals surface area contributed by atoms with Crippen LogP contribution in [0.1, 0.15) is 0 Å². The molecule has 4 nitrogen and oxygen atoms in total. The van der Waals surface area contributed by atoms with E-state index in [1.807, 2.05) is 0 Å². The number of halogens is 2. The minimum atomic E-state index is -0.700. The van der Waals surface area contributed by atoms with Crippen molar-refractivity contribution in [1.82, 2.24) is 9.55 Å². The summed E-state index contributed by atoms with van der Waals surface area (Å²) in [6, 6.07) is 3.25. The Hall–Kier alpha value is -1.89. The van der Waals surface area contributed by atoms with Crippen LogP contribution in [0.2, 0.25) is 0 Å². The van der Waals surface area contributed by atoms with Gasteiger partial charge in [0.25, 0.3) is 0 Å². The molecule has 1 amide bonds. The number of rotatable bonds is 4. The predicted molar refractivity (Wildman–Crippen MR) is 63.4 cm³/mol. The van der Waals surface area contributed by atoms with Gasteiger partial charge in [-0.25, -0.2) is 13.8 Å². The molecule has 1 aromatic heterocycles. The largest absolute Gasteiger partial charge is 0.369 e. The van der Waals surface area contributed by atoms with E-state index in [0.29, 0.717) is 5.16 Å². The summed E-state index contributed by atoms with van der Waals surface area (Å²) in [5.41, 5.74) is 5.19. The number of carbonyl (C=O) groups excluding carboxylic acids is 1. The highest BCUT2D eigenvalue weighted by molar-refractivity contribution is 7.99. The first-order valence-corrected chi connectivity index (χ1v) is 5.96. The van der Waals surface area contributed by atoms with Crippen LogP contribution in [-0.2, 0) is 4.79 Å². The zero-order chi connectivity index (χ0) is 13.1. The van der Waals surface area contributed by atoms with Crippen molar-refractivity contribution < 1.29 is 13.6 Å². The normalized spacial score (nSPS) is 10.6. The fourth-order valence-corrected chi connectivity index (χ4v) is 2.10. The van der Waals surface area contributed by atoms with Gasteiger partial charge in [0.05, 0.1) is 11.4 Å². The van der Waals surface area contributed by atoms with Gasteiger partial charge in [-0.2, -0.15) is 0 Å². The number of benzene rings is 1. The molecule has 0 bridgehead atoms. The van der Waals surface area contributed by atoms with Crippen LogP contribution in [0.4, 0.5) is 8.78 Å². The van der Waals surface area contributed by atoms with Gasteiger partial charge in [0, 0.05) is 18.5 Å². The van der Waals surface area contributed by atoms with Gasteiger partial charge in [-0.3, -0.25) is 9.36 Å². The molecule has 0 aliphatic heterocycles. The molecule has 0 spiro atoms. The van der Waals surface area contributed by atoms with E-state index < -0.39 is 17.5 Å². The minimum Gasteiger partial charge on any atom is -0.369 e. The first-order valence-electron chi connectivity index (χ1n) is 4.98. The van der Waals surface area contributed by atoms with Crippen LogP contribution in [0.25, 0.3) is 5.69 Å². The molecular weight excluding hydrogens is 260 g/mol. The summed E-state index contributed by atoms with van der Waals surface area (Å²) in [4.78, 5) is 14.7. The van der Waals surface area contributed by atoms with Crippen molar-refractivity contribution in [2.24, 2.45) is 5.73 Å². The highest BCUT2D eigenvalue weighted by Gasteiger charge is 2.11. The minimum absolute atomic E-state index is 0.0415. The standard InChI is InChI=1S/C11H9F2N3OS/c12-7-1-2-9(8(13)5-7)16-4-3-15-11(16)18-6-10(14)17/h1-5H,6H2,(H2,14,17). The third-order valence-electron chi connectivity index (χ3n) is 2.12. The van der Waals surface area contributed by atoms with E-state index in [-0.39, 0.29) is 11.4 Å². The first-order chi connectivity index (χ1) is 8.58. The van der Waals surface area contributed by atoms with Crippen LogP contribution >= 0.6 is 11.8 Å². The lowest BCUT2D eigenvalue weighted by molar-refractivity contribution is -0.115. The van der Waals surface area contributed by atoms with Gasteiger partial charge in [-0.15, -0.1) is 0 Å². The number of thioether (sulfide) groups is 1. The summed E-state index contributed by atoms with van der Waals surface area (Å²) in [6.07, 6.45) is 2.99. The molecular formula is C11H9F2N3OS. The predicted octanol–water partition coefficient (Wildman–Crippen LogP) is 1.73. The van der Waals surface area contributed by atoms with E-state index in [0.717, 1.165) is 23.9 Å². The molecule has 0 aliphatic rings. The smallest absolute Gasteiger partial charge is 0.227 e. The summed E-state index contributed by atoms with van der Waals surface area (Å²) in [5.74, 6) is -1.80. The van der Waals surface area contributed by atoms with Crippen LogP contribution in [-0.4, -0.2) is 21.2 Å². The number of aromatic nitrogens is 2. The van der Waals surface area contributed by atoms with Gasteiger partial charge < -0.3 is 5.73 Å². The average molecular weight is 269 g/mol. The van der Waals surface area contributed by atoms with Crippen LogP contribution in [0.15, 0.2) is 35.7 Å². The Balaban J connectivity index is 2.33. The van der Waals surface area contributed by atoms with Crippen molar-refractivity contribution in [2.45, 2.75) is 5.16 Å². The fraction of sp³-hybridized carbons (Fsp3) is 0.0909. The lowest BCUT2D eigenvalue weighted by Crippen LogP contribution is -2.13. The quantitative estimate of drug-likeness (QED) is 0.860. The number of hydrogen-bond acceptors (Lipinski definition) is 3. The molecule has 2 aromatic rings. The Labute approximate surface area is 106 Å². The second kappa shape index (κ2) is 5.18. The van der Waals surface area contributed by atoms with E-state index >= 15 is 0 Å². The Morgan fingerprint density at radius 2 is 2.22 bits per heavy atom. The molecule has 0 saturated heterocycles. The van der Waals surface area contributed by atoms with Gasteiger partial charge >= 0.3 is 0 Å². The zero-order valence-electron chi connectivity index (χ0n) is 9.14. The van der Waals surface area contributed by atoms with Crippen molar-refractivity contribution in [1.29, 1.82) is 0 Å². The van der Waals surface area contributed by atoms with Gasteiger partial charge in [0.1, 0.15) is 11.6 Å². The van der Waals surface area contributed by atoms with Crippen molar-refractivity contribution in [3.05, 3.63) is 42.2 Å². The number of nitrogens with zero attached hydrogens (tertiary/aromatic N) is 2. The maximum absolute atomic E-state index is 13.6. The third kappa shape index (κ3) is 2.67. The van der Waals surface area contributed by atoms with Crippen LogP contribution in [0.3, 0.4) is 0 Å². The second-order valence-corrected chi connectivity index (χ2v) is 4.37. The van der Waals surface area contributed by atoms with E-state index in [2.05, 4.69) is 4.98 Å². The monoisotopic (exact) mass is 269 g/mol. The van der Waals surface area contributed by atoms with Crippen molar-refractivity contribution in [2.75, 3.05) is 5.75 Å². The highest BCUT2D eigenvalue weighted by atomic mass is 32.2. The number of carbonyl (C=O) groups is 1. The maximum atomic E-state index is 13.6. The Morgan fingerprint density at radius 1 is 1.44 bits per heavy atom. The molecule has 0 atom stereocenters. The van der Waals surface area contributed by atoms with Crippen LogP contribution < -0.4 is 5.73 Å². The van der Waals surface area contributed by atoms with Gasteiger partial charge in [0.2, 0.25) is 5.91 Å². The second-order valence-electron chi connectivity index (χ2n) is 3.43. The summed E-state index contributed by atoms with van der Waals surface area (Å²) >= 11 is 1.09. The lowest BCUT2D eigenvalue weighted by Gasteiger charge is -2.07. The van der Waals surface area contributed by atoms with E-state index in [1.54, 1.807) is 0 Å². The number of nitrogens with two attached hydrogens (primary N) is 1. The number of hydrogen-bond donors (Lipinski definition) is 1. The maximum Gasteiger partial charge on any atom is 0.227 e. The Bertz CT molecular complexity index is 585. The molecule has 0 saturated carbocycles. The topological polar surface area (TPSA) is 60.9 Å². The molecule has 0 aliphatic carbocycles. The van der Waals surface area contributed by atoms with E-state index in [4.69, 9.17) is 5.73 Å². The summed E-state index contributed by atoms with van der Waals surface area (Å²) in [5, 5.41) is 0.416.